The third-order valence-corrected chi connectivity index (χ3v) is 3.79. The van der Waals surface area contributed by atoms with E-state index in [0.717, 1.165) is 0 Å². The molecule has 0 bridgehead atoms. The van der Waals surface area contributed by atoms with Crippen LogP contribution in [0.4, 0.5) is 5.82 Å². The lowest BCUT2D eigenvalue weighted by atomic mass is 10.1. The van der Waals surface area contributed by atoms with Gasteiger partial charge in [0.1, 0.15) is 30.2 Å². The Kier molecular flexibility index (Phi) is 4.51. The van der Waals surface area contributed by atoms with E-state index in [-0.39, 0.29) is 23.6 Å². The third kappa shape index (κ3) is 2.87. The van der Waals surface area contributed by atoms with E-state index in [1.807, 2.05) is 0 Å². The summed E-state index contributed by atoms with van der Waals surface area (Å²) < 4.78 is 11.4. The van der Waals surface area contributed by atoms with Crippen LogP contribution in [0.25, 0.3) is 11.2 Å². The second-order valence-electron chi connectivity index (χ2n) is 5.31. The molecule has 1 aliphatic heterocycles. The number of nitrogen functional groups attached to an aromatic ring is 1. The Morgan fingerprint density at radius 3 is 2.92 bits per heavy atom. The summed E-state index contributed by atoms with van der Waals surface area (Å²) in [5.74, 6) is 1.13. The summed E-state index contributed by atoms with van der Waals surface area (Å²) in [6.07, 6.45) is 0.0211. The van der Waals surface area contributed by atoms with E-state index in [1.165, 1.54) is 17.2 Å². The monoisotopic (exact) mass is 349 g/mol. The zero-order valence-corrected chi connectivity index (χ0v) is 12.8. The predicted octanol–water partition coefficient (Wildman–Crippen LogP) is -2.43. The van der Waals surface area contributed by atoms with Gasteiger partial charge in [-0.2, -0.15) is 0 Å². The van der Waals surface area contributed by atoms with E-state index in [9.17, 15) is 20.1 Å². The number of imidazole rings is 1. The van der Waals surface area contributed by atoms with Crippen molar-refractivity contribution in [2.45, 2.75) is 30.6 Å². The molecule has 1 unspecified atom stereocenters. The van der Waals surface area contributed by atoms with Gasteiger partial charge in [0, 0.05) is 0 Å². The maximum Gasteiger partial charge on any atom is 0.338 e. The minimum atomic E-state index is -1.84. The van der Waals surface area contributed by atoms with Gasteiger partial charge in [0.15, 0.2) is 30.4 Å². The van der Waals surface area contributed by atoms with Crippen molar-refractivity contribution >= 4 is 23.0 Å². The van der Waals surface area contributed by atoms with Crippen molar-refractivity contribution in [3.05, 3.63) is 12.7 Å². The van der Waals surface area contributed by atoms with Gasteiger partial charge in [0.05, 0.1) is 6.33 Å². The van der Waals surface area contributed by atoms with Gasteiger partial charge in [-0.1, -0.05) is 5.92 Å². The first kappa shape index (κ1) is 17.1. The van der Waals surface area contributed by atoms with Crippen LogP contribution in [0.1, 0.15) is 6.23 Å². The summed E-state index contributed by atoms with van der Waals surface area (Å²) in [7, 11) is 0. The first-order chi connectivity index (χ1) is 12.0. The van der Waals surface area contributed by atoms with Crippen LogP contribution in [0.2, 0.25) is 0 Å². The molecule has 3 heterocycles. The maximum absolute atomic E-state index is 11.7. The number of hydrogen-bond acceptors (Lipinski definition) is 10. The Hall–Kier alpha value is -2.78. The Morgan fingerprint density at radius 1 is 1.44 bits per heavy atom. The van der Waals surface area contributed by atoms with E-state index in [2.05, 4.69) is 25.6 Å². The lowest BCUT2D eigenvalue weighted by molar-refractivity contribution is -0.165. The van der Waals surface area contributed by atoms with Crippen molar-refractivity contribution in [3.8, 4) is 12.3 Å². The SMILES string of the molecule is C#CCOC(=O)C(O)[C@H]1O[C@@H](n2cnc3c(N)ncnc32)[C@H](O)[C@@H]1O. The fourth-order valence-electron chi connectivity index (χ4n) is 2.56. The van der Waals surface area contributed by atoms with Crippen molar-refractivity contribution in [2.75, 3.05) is 12.3 Å². The Morgan fingerprint density at radius 2 is 2.20 bits per heavy atom. The zero-order chi connectivity index (χ0) is 18.1. The number of anilines is 1. The molecule has 0 aliphatic carbocycles. The number of nitrogens with two attached hydrogens (primary N) is 1. The second-order valence-corrected chi connectivity index (χ2v) is 5.31. The van der Waals surface area contributed by atoms with E-state index in [4.69, 9.17) is 16.9 Å². The van der Waals surface area contributed by atoms with Gasteiger partial charge in [0.25, 0.3) is 0 Å². The summed E-state index contributed by atoms with van der Waals surface area (Å²) in [4.78, 5) is 23.5. The lowest BCUT2D eigenvalue weighted by Gasteiger charge is -2.19. The van der Waals surface area contributed by atoms with Crippen LogP contribution in [0.3, 0.4) is 0 Å². The topological polar surface area (TPSA) is 166 Å². The molecule has 132 valence electrons. The van der Waals surface area contributed by atoms with Crippen molar-refractivity contribution in [1.29, 1.82) is 0 Å². The van der Waals surface area contributed by atoms with Crippen LogP contribution in [-0.4, -0.2) is 71.8 Å². The summed E-state index contributed by atoms with van der Waals surface area (Å²) in [6, 6.07) is 0. The fraction of sp³-hybridized carbons (Fsp3) is 0.429. The van der Waals surface area contributed by atoms with Gasteiger partial charge < -0.3 is 30.5 Å². The molecular weight excluding hydrogens is 334 g/mol. The second kappa shape index (κ2) is 6.61. The van der Waals surface area contributed by atoms with Crippen molar-refractivity contribution in [3.63, 3.8) is 0 Å². The molecule has 11 heteroatoms. The highest BCUT2D eigenvalue weighted by Crippen LogP contribution is 2.33. The minimum absolute atomic E-state index is 0.131. The molecular formula is C14H15N5O6. The number of terminal acetylenes is 1. The molecule has 1 fully saturated rings. The van der Waals surface area contributed by atoms with Gasteiger partial charge in [-0.3, -0.25) is 4.57 Å². The summed E-state index contributed by atoms with van der Waals surface area (Å²) in [5, 5.41) is 30.4. The number of rotatable bonds is 4. The van der Waals surface area contributed by atoms with Crippen LogP contribution >= 0.6 is 0 Å². The summed E-state index contributed by atoms with van der Waals surface area (Å²) >= 11 is 0. The van der Waals surface area contributed by atoms with Crippen molar-refractivity contribution in [2.24, 2.45) is 0 Å². The molecule has 0 saturated carbocycles. The van der Waals surface area contributed by atoms with Gasteiger partial charge in [-0.25, -0.2) is 19.7 Å². The van der Waals surface area contributed by atoms with E-state index in [0.29, 0.717) is 0 Å². The quantitative estimate of drug-likeness (QED) is 0.344. The average molecular weight is 349 g/mol. The fourth-order valence-corrected chi connectivity index (χ4v) is 2.56. The Balaban J connectivity index is 1.86. The molecule has 11 nitrogen and oxygen atoms in total. The van der Waals surface area contributed by atoms with E-state index in [1.54, 1.807) is 0 Å². The van der Waals surface area contributed by atoms with E-state index >= 15 is 0 Å². The molecule has 1 saturated heterocycles. The molecule has 25 heavy (non-hydrogen) atoms. The van der Waals surface area contributed by atoms with Crippen molar-refractivity contribution in [1.82, 2.24) is 19.5 Å². The van der Waals surface area contributed by atoms with Gasteiger partial charge >= 0.3 is 5.97 Å². The number of carbonyl (C=O) groups excluding carboxylic acids is 1. The first-order valence-corrected chi connectivity index (χ1v) is 7.18. The number of aliphatic hydroxyl groups excluding tert-OH is 3. The molecule has 1 aliphatic rings. The smallest absolute Gasteiger partial charge is 0.338 e. The predicted molar refractivity (Wildman–Crippen MR) is 81.5 cm³/mol. The van der Waals surface area contributed by atoms with Gasteiger partial charge in [0.2, 0.25) is 0 Å². The van der Waals surface area contributed by atoms with Crippen LogP contribution in [0.5, 0.6) is 0 Å². The average Bonchev–Trinajstić information content (AvgIpc) is 3.15. The molecule has 2 aromatic heterocycles. The van der Waals surface area contributed by atoms with Crippen LogP contribution in [0.15, 0.2) is 12.7 Å². The number of aliphatic hydroxyl groups is 3. The standard InChI is InChI=1S/C14H15N5O6/c1-2-3-24-14(23)9(22)10-7(20)8(21)13(25-10)19-5-18-6-11(15)16-4-17-12(6)19/h1,4-5,7-10,13,20-22H,3H2,(H2,15,16,17)/t7-,8+,9?,10-,13+/m0/s1. The molecule has 2 aromatic rings. The number of esters is 1. The maximum atomic E-state index is 11.7. The van der Waals surface area contributed by atoms with E-state index < -0.39 is 36.6 Å². The Labute approximate surface area is 141 Å². The first-order valence-electron chi connectivity index (χ1n) is 7.18. The molecule has 3 rings (SSSR count). The number of hydrogen-bond donors (Lipinski definition) is 4. The van der Waals surface area contributed by atoms with Gasteiger partial charge in [-0.15, -0.1) is 6.42 Å². The van der Waals surface area contributed by atoms with Crippen LogP contribution in [-0.2, 0) is 14.3 Å². The minimum Gasteiger partial charge on any atom is -0.451 e. The normalized spacial score (nSPS) is 27.1. The number of fused-ring (bicyclic) bond motifs is 1. The van der Waals surface area contributed by atoms with Crippen LogP contribution < -0.4 is 5.73 Å². The number of aromatic nitrogens is 4. The van der Waals surface area contributed by atoms with Crippen LogP contribution in [0, 0.1) is 12.3 Å². The largest absolute Gasteiger partial charge is 0.451 e. The molecule has 0 radical (unpaired) electrons. The molecule has 5 N–H and O–H groups in total. The highest BCUT2D eigenvalue weighted by atomic mass is 16.6. The summed E-state index contributed by atoms with van der Waals surface area (Å²) in [6.45, 7) is -0.340. The molecule has 0 amide bonds. The molecule has 0 spiro atoms. The number of ether oxygens (including phenoxy) is 2. The lowest BCUT2D eigenvalue weighted by Crippen LogP contribution is -2.43. The third-order valence-electron chi connectivity index (χ3n) is 3.79. The van der Waals surface area contributed by atoms with Gasteiger partial charge in [-0.05, 0) is 0 Å². The number of carbonyl (C=O) groups is 1. The molecule has 5 atom stereocenters. The number of nitrogens with zero attached hydrogens (tertiary/aromatic N) is 4. The highest BCUT2D eigenvalue weighted by molar-refractivity contribution is 5.81. The highest BCUT2D eigenvalue weighted by Gasteiger charge is 2.49. The Bertz CT molecular complexity index is 833. The molecule has 0 aromatic carbocycles. The van der Waals surface area contributed by atoms with Crippen molar-refractivity contribution < 1.29 is 29.6 Å². The zero-order valence-electron chi connectivity index (χ0n) is 12.8. The summed E-state index contributed by atoms with van der Waals surface area (Å²) in [5.41, 5.74) is 6.24.